The van der Waals surface area contributed by atoms with E-state index in [0.717, 1.165) is 42.5 Å². The molecule has 4 nitrogen and oxygen atoms in total. The number of anilines is 2. The fourth-order valence-electron chi connectivity index (χ4n) is 2.34. The molecule has 0 saturated heterocycles. The van der Waals surface area contributed by atoms with Crippen molar-refractivity contribution in [2.24, 2.45) is 0 Å². The molecule has 0 aliphatic rings. The van der Waals surface area contributed by atoms with Crippen LogP contribution in [0.5, 0.6) is 0 Å². The highest BCUT2D eigenvalue weighted by Gasteiger charge is 2.02. The van der Waals surface area contributed by atoms with Gasteiger partial charge in [0.2, 0.25) is 5.95 Å². The average Bonchev–Trinajstić information content (AvgIpc) is 2.51. The molecule has 23 heavy (non-hydrogen) atoms. The standard InChI is InChI=1S/C18H25ClN4/c1-3-4-5-10-21-18-22-14(2)12-17(23-18)20-11-9-15-7-6-8-16(19)13-15/h6-8,12-13H,3-5,9-11H2,1-2H3,(H2,20,21,22,23). The Bertz CT molecular complexity index is 616. The van der Waals surface area contributed by atoms with E-state index in [1.165, 1.54) is 18.4 Å². The number of hydrogen-bond acceptors (Lipinski definition) is 4. The molecule has 1 heterocycles. The predicted octanol–water partition coefficient (Wildman–Crippen LogP) is 4.70. The van der Waals surface area contributed by atoms with Crippen LogP contribution in [0.1, 0.15) is 37.4 Å². The van der Waals surface area contributed by atoms with Gasteiger partial charge in [0.15, 0.2) is 0 Å². The zero-order chi connectivity index (χ0) is 16.5. The Hall–Kier alpha value is -1.81. The number of rotatable bonds is 9. The third kappa shape index (κ3) is 6.45. The molecule has 124 valence electrons. The van der Waals surface area contributed by atoms with Gasteiger partial charge in [0, 0.05) is 29.9 Å². The Kier molecular flexibility index (Phi) is 7.14. The third-order valence-corrected chi connectivity index (χ3v) is 3.76. The third-order valence-electron chi connectivity index (χ3n) is 3.53. The monoisotopic (exact) mass is 332 g/mol. The van der Waals surface area contributed by atoms with E-state index < -0.39 is 0 Å². The summed E-state index contributed by atoms with van der Waals surface area (Å²) in [5, 5.41) is 7.43. The molecule has 0 radical (unpaired) electrons. The van der Waals surface area contributed by atoms with Gasteiger partial charge in [-0.05, 0) is 37.5 Å². The second kappa shape index (κ2) is 9.36. The molecule has 0 saturated carbocycles. The summed E-state index contributed by atoms with van der Waals surface area (Å²) in [6.45, 7) is 5.91. The van der Waals surface area contributed by atoms with Gasteiger partial charge in [-0.2, -0.15) is 4.98 Å². The van der Waals surface area contributed by atoms with Crippen molar-refractivity contribution < 1.29 is 0 Å². The van der Waals surface area contributed by atoms with Crippen LogP contribution in [-0.2, 0) is 6.42 Å². The van der Waals surface area contributed by atoms with Crippen molar-refractivity contribution in [3.05, 3.63) is 46.6 Å². The lowest BCUT2D eigenvalue weighted by molar-refractivity contribution is 0.740. The first-order chi connectivity index (χ1) is 11.2. The highest BCUT2D eigenvalue weighted by atomic mass is 35.5. The number of aromatic nitrogens is 2. The van der Waals surface area contributed by atoms with Crippen LogP contribution in [0.25, 0.3) is 0 Å². The molecular formula is C18H25ClN4. The maximum absolute atomic E-state index is 6.00. The number of halogens is 1. The summed E-state index contributed by atoms with van der Waals surface area (Å²) in [5.74, 6) is 1.56. The lowest BCUT2D eigenvalue weighted by Crippen LogP contribution is -2.10. The molecule has 2 rings (SSSR count). The minimum absolute atomic E-state index is 0.700. The van der Waals surface area contributed by atoms with Crippen LogP contribution in [0.2, 0.25) is 5.02 Å². The van der Waals surface area contributed by atoms with Crippen molar-refractivity contribution in [1.29, 1.82) is 0 Å². The zero-order valence-corrected chi connectivity index (χ0v) is 14.7. The molecular weight excluding hydrogens is 308 g/mol. The first kappa shape index (κ1) is 17.5. The summed E-state index contributed by atoms with van der Waals surface area (Å²) in [7, 11) is 0. The van der Waals surface area contributed by atoms with Gasteiger partial charge in [-0.1, -0.05) is 43.5 Å². The minimum atomic E-state index is 0.700. The molecule has 5 heteroatoms. The fraction of sp³-hybridized carbons (Fsp3) is 0.444. The topological polar surface area (TPSA) is 49.8 Å². The molecule has 0 bridgehead atoms. The molecule has 0 fully saturated rings. The number of aryl methyl sites for hydroxylation is 1. The van der Waals surface area contributed by atoms with Gasteiger partial charge in [0.1, 0.15) is 5.82 Å². The van der Waals surface area contributed by atoms with Gasteiger partial charge in [-0.25, -0.2) is 4.98 Å². The average molecular weight is 333 g/mol. The Balaban J connectivity index is 1.85. The molecule has 0 amide bonds. The van der Waals surface area contributed by atoms with Crippen molar-refractivity contribution in [3.63, 3.8) is 0 Å². The van der Waals surface area contributed by atoms with E-state index in [0.29, 0.717) is 5.95 Å². The van der Waals surface area contributed by atoms with Crippen LogP contribution >= 0.6 is 11.6 Å². The van der Waals surface area contributed by atoms with Crippen molar-refractivity contribution >= 4 is 23.4 Å². The van der Waals surface area contributed by atoms with Crippen molar-refractivity contribution in [2.45, 2.75) is 39.5 Å². The largest absolute Gasteiger partial charge is 0.370 e. The van der Waals surface area contributed by atoms with Crippen LogP contribution in [0, 0.1) is 6.92 Å². The van der Waals surface area contributed by atoms with Crippen LogP contribution < -0.4 is 10.6 Å². The smallest absolute Gasteiger partial charge is 0.224 e. The van der Waals surface area contributed by atoms with E-state index in [1.54, 1.807) is 0 Å². The minimum Gasteiger partial charge on any atom is -0.370 e. The lowest BCUT2D eigenvalue weighted by Gasteiger charge is -2.10. The van der Waals surface area contributed by atoms with Gasteiger partial charge < -0.3 is 10.6 Å². The molecule has 0 aliphatic carbocycles. The second-order valence-electron chi connectivity index (χ2n) is 5.66. The van der Waals surface area contributed by atoms with Crippen LogP contribution in [-0.4, -0.2) is 23.1 Å². The first-order valence-corrected chi connectivity index (χ1v) is 8.63. The van der Waals surface area contributed by atoms with Gasteiger partial charge in [0.25, 0.3) is 0 Å². The maximum atomic E-state index is 6.00. The van der Waals surface area contributed by atoms with E-state index in [1.807, 2.05) is 31.2 Å². The second-order valence-corrected chi connectivity index (χ2v) is 6.10. The molecule has 1 aromatic heterocycles. The van der Waals surface area contributed by atoms with E-state index >= 15 is 0 Å². The molecule has 0 unspecified atom stereocenters. The summed E-state index contributed by atoms with van der Waals surface area (Å²) in [5.41, 5.74) is 2.18. The van der Waals surface area contributed by atoms with Crippen molar-refractivity contribution in [2.75, 3.05) is 23.7 Å². The van der Waals surface area contributed by atoms with E-state index in [9.17, 15) is 0 Å². The Morgan fingerprint density at radius 2 is 1.91 bits per heavy atom. The maximum Gasteiger partial charge on any atom is 0.224 e. The van der Waals surface area contributed by atoms with E-state index in [-0.39, 0.29) is 0 Å². The normalized spacial score (nSPS) is 10.6. The zero-order valence-electron chi connectivity index (χ0n) is 13.9. The predicted molar refractivity (Wildman–Crippen MR) is 98.4 cm³/mol. The Labute approximate surface area is 143 Å². The quantitative estimate of drug-likeness (QED) is 0.654. The van der Waals surface area contributed by atoms with Gasteiger partial charge in [-0.15, -0.1) is 0 Å². The number of benzene rings is 1. The number of nitrogens with one attached hydrogen (secondary N) is 2. The number of nitrogens with zero attached hydrogens (tertiary/aromatic N) is 2. The molecule has 0 spiro atoms. The Morgan fingerprint density at radius 1 is 1.04 bits per heavy atom. The van der Waals surface area contributed by atoms with E-state index in [4.69, 9.17) is 11.6 Å². The van der Waals surface area contributed by atoms with E-state index in [2.05, 4.69) is 33.6 Å². The number of hydrogen-bond donors (Lipinski definition) is 2. The SMILES string of the molecule is CCCCCNc1nc(C)cc(NCCc2cccc(Cl)c2)n1. The van der Waals surface area contributed by atoms with Gasteiger partial charge >= 0.3 is 0 Å². The fourth-order valence-corrected chi connectivity index (χ4v) is 2.55. The van der Waals surface area contributed by atoms with Gasteiger partial charge in [-0.3, -0.25) is 0 Å². The van der Waals surface area contributed by atoms with Gasteiger partial charge in [0.05, 0.1) is 0 Å². The molecule has 0 atom stereocenters. The summed E-state index contributed by atoms with van der Waals surface area (Å²) < 4.78 is 0. The number of unbranched alkanes of at least 4 members (excludes halogenated alkanes) is 2. The first-order valence-electron chi connectivity index (χ1n) is 8.25. The van der Waals surface area contributed by atoms with Crippen LogP contribution in [0.3, 0.4) is 0 Å². The lowest BCUT2D eigenvalue weighted by atomic mass is 10.1. The summed E-state index contributed by atoms with van der Waals surface area (Å²) in [6, 6.07) is 9.91. The Morgan fingerprint density at radius 3 is 2.70 bits per heavy atom. The van der Waals surface area contributed by atoms with Crippen molar-refractivity contribution in [1.82, 2.24) is 9.97 Å². The van der Waals surface area contributed by atoms with Crippen molar-refractivity contribution in [3.8, 4) is 0 Å². The molecule has 2 N–H and O–H groups in total. The molecule has 1 aromatic carbocycles. The highest BCUT2D eigenvalue weighted by molar-refractivity contribution is 6.30. The molecule has 2 aromatic rings. The molecule has 0 aliphatic heterocycles. The van der Waals surface area contributed by atoms with Crippen LogP contribution in [0.4, 0.5) is 11.8 Å². The van der Waals surface area contributed by atoms with Crippen LogP contribution in [0.15, 0.2) is 30.3 Å². The summed E-state index contributed by atoms with van der Waals surface area (Å²) in [6.07, 6.45) is 4.49. The summed E-state index contributed by atoms with van der Waals surface area (Å²) >= 11 is 6.00. The summed E-state index contributed by atoms with van der Waals surface area (Å²) in [4.78, 5) is 8.95. The highest BCUT2D eigenvalue weighted by Crippen LogP contribution is 2.13.